The third-order valence-electron chi connectivity index (χ3n) is 8.26. The molecule has 8 heteroatoms. The Bertz CT molecular complexity index is 1260. The fraction of sp³-hybridized carbons (Fsp3) is 0.500. The first-order valence-electron chi connectivity index (χ1n) is 13.6. The van der Waals surface area contributed by atoms with Crippen molar-refractivity contribution in [3.8, 4) is 11.5 Å². The maximum absolute atomic E-state index is 13.6. The van der Waals surface area contributed by atoms with Crippen LogP contribution in [0.25, 0.3) is 0 Å². The number of amides is 2. The molecule has 2 amide bonds. The monoisotopic (exact) mass is 518 g/mol. The highest BCUT2D eigenvalue weighted by Gasteiger charge is 2.43. The normalized spacial score (nSPS) is 23.3. The molecule has 0 radical (unpaired) electrons. The lowest BCUT2D eigenvalue weighted by Crippen LogP contribution is -2.62. The Labute approximate surface area is 224 Å². The Morgan fingerprint density at radius 2 is 1.87 bits per heavy atom. The number of nitrogens with one attached hydrogen (secondary N) is 3. The maximum atomic E-state index is 13.6. The van der Waals surface area contributed by atoms with Gasteiger partial charge in [0.15, 0.2) is 5.96 Å². The third kappa shape index (κ3) is 4.72. The Morgan fingerprint density at radius 3 is 2.58 bits per heavy atom. The summed E-state index contributed by atoms with van der Waals surface area (Å²) in [6.07, 6.45) is 3.08. The van der Waals surface area contributed by atoms with Crippen LogP contribution >= 0.6 is 0 Å². The number of hydrogen-bond donors (Lipinski definition) is 3. The molecule has 202 valence electrons. The SMILES string of the molecule is CCC1(CC)CC(=O)N([C@@H]2CCOc3ccc(C(=O)N[C@H]4CC(C)(C)Oc5ccc(C)cc54)cc32)C(=N)N1. The van der Waals surface area contributed by atoms with Gasteiger partial charge in [-0.15, -0.1) is 0 Å². The molecule has 38 heavy (non-hydrogen) atoms. The molecule has 2 aromatic carbocycles. The van der Waals surface area contributed by atoms with Crippen LogP contribution in [0.1, 0.15) is 98.9 Å². The van der Waals surface area contributed by atoms with Gasteiger partial charge in [0, 0.05) is 35.1 Å². The van der Waals surface area contributed by atoms with E-state index in [1.165, 1.54) is 0 Å². The number of fused-ring (bicyclic) bond motifs is 2. The first-order valence-corrected chi connectivity index (χ1v) is 13.6. The van der Waals surface area contributed by atoms with Crippen LogP contribution in [0, 0.1) is 12.3 Å². The van der Waals surface area contributed by atoms with E-state index in [0.717, 1.165) is 35.3 Å². The zero-order valence-corrected chi connectivity index (χ0v) is 22.9. The second-order valence-corrected chi connectivity index (χ2v) is 11.4. The van der Waals surface area contributed by atoms with Gasteiger partial charge in [0.05, 0.1) is 25.1 Å². The second kappa shape index (κ2) is 9.64. The average Bonchev–Trinajstić information content (AvgIpc) is 2.88. The number of carbonyl (C=O) groups excluding carboxylic acids is 2. The first-order chi connectivity index (χ1) is 18.0. The average molecular weight is 519 g/mol. The highest BCUT2D eigenvalue weighted by atomic mass is 16.5. The molecule has 0 aromatic heterocycles. The van der Waals surface area contributed by atoms with E-state index in [-0.39, 0.29) is 35.4 Å². The van der Waals surface area contributed by atoms with E-state index >= 15 is 0 Å². The number of aryl methyl sites for hydroxylation is 1. The van der Waals surface area contributed by atoms with E-state index in [1.54, 1.807) is 17.0 Å². The molecule has 1 fully saturated rings. The minimum Gasteiger partial charge on any atom is -0.493 e. The quantitative estimate of drug-likeness (QED) is 0.507. The lowest BCUT2D eigenvalue weighted by molar-refractivity contribution is -0.133. The topological polar surface area (TPSA) is 104 Å². The Morgan fingerprint density at radius 1 is 1.13 bits per heavy atom. The maximum Gasteiger partial charge on any atom is 0.251 e. The molecule has 0 saturated carbocycles. The molecule has 3 N–H and O–H groups in total. The molecule has 0 unspecified atom stereocenters. The highest BCUT2D eigenvalue weighted by Crippen LogP contribution is 2.41. The van der Waals surface area contributed by atoms with Gasteiger partial charge in [-0.1, -0.05) is 31.5 Å². The van der Waals surface area contributed by atoms with Crippen molar-refractivity contribution in [1.29, 1.82) is 5.41 Å². The Balaban J connectivity index is 1.42. The fourth-order valence-electron chi connectivity index (χ4n) is 5.99. The van der Waals surface area contributed by atoms with E-state index in [4.69, 9.17) is 14.9 Å². The number of rotatable bonds is 5. The minimum atomic E-state index is -0.414. The van der Waals surface area contributed by atoms with Gasteiger partial charge in [0.2, 0.25) is 5.91 Å². The van der Waals surface area contributed by atoms with Gasteiger partial charge in [0.1, 0.15) is 17.1 Å². The fourth-order valence-corrected chi connectivity index (χ4v) is 5.99. The van der Waals surface area contributed by atoms with Gasteiger partial charge in [-0.3, -0.25) is 19.9 Å². The van der Waals surface area contributed by atoms with Gasteiger partial charge in [-0.25, -0.2) is 0 Å². The Hall–Kier alpha value is -3.55. The van der Waals surface area contributed by atoms with Crippen LogP contribution in [-0.2, 0) is 4.79 Å². The number of carbonyl (C=O) groups is 2. The molecule has 5 rings (SSSR count). The molecule has 2 aromatic rings. The molecular weight excluding hydrogens is 480 g/mol. The van der Waals surface area contributed by atoms with Crippen LogP contribution in [0.3, 0.4) is 0 Å². The summed E-state index contributed by atoms with van der Waals surface area (Å²) in [7, 11) is 0. The zero-order valence-electron chi connectivity index (χ0n) is 22.9. The Kier molecular flexibility index (Phi) is 6.61. The molecule has 0 aliphatic carbocycles. The van der Waals surface area contributed by atoms with Crippen molar-refractivity contribution in [3.63, 3.8) is 0 Å². The zero-order chi connectivity index (χ0) is 27.2. The smallest absolute Gasteiger partial charge is 0.251 e. The van der Waals surface area contributed by atoms with E-state index in [9.17, 15) is 9.59 Å². The van der Waals surface area contributed by atoms with Crippen LogP contribution in [0.4, 0.5) is 0 Å². The number of guanidine groups is 1. The van der Waals surface area contributed by atoms with Crippen molar-refractivity contribution >= 4 is 17.8 Å². The van der Waals surface area contributed by atoms with Crippen molar-refractivity contribution in [2.75, 3.05) is 6.61 Å². The molecule has 3 aliphatic heterocycles. The number of benzene rings is 2. The standard InChI is InChI=1S/C30H38N4O4/c1-6-30(7-2)17-26(35)34(28(31)33-30)23-12-13-37-24-11-9-19(15-21(23)24)27(36)32-22-16-29(4,5)38-25-10-8-18(3)14-20(22)25/h8-11,14-15,22-23H,6-7,12-13,16-17H2,1-5H3,(H2,31,33)(H,32,36)/t22-,23+/m0/s1. The van der Waals surface area contributed by atoms with Crippen LogP contribution in [0.15, 0.2) is 36.4 Å². The molecule has 1 saturated heterocycles. The van der Waals surface area contributed by atoms with Crippen molar-refractivity contribution in [3.05, 3.63) is 58.7 Å². The third-order valence-corrected chi connectivity index (χ3v) is 8.26. The van der Waals surface area contributed by atoms with E-state index < -0.39 is 5.60 Å². The van der Waals surface area contributed by atoms with Gasteiger partial charge in [-0.2, -0.15) is 0 Å². The number of hydrogen-bond acceptors (Lipinski definition) is 5. The van der Waals surface area contributed by atoms with Gasteiger partial charge in [0.25, 0.3) is 5.91 Å². The van der Waals surface area contributed by atoms with Crippen molar-refractivity contribution in [2.45, 2.75) is 89.9 Å². The summed E-state index contributed by atoms with van der Waals surface area (Å²) in [6, 6.07) is 10.9. The second-order valence-electron chi connectivity index (χ2n) is 11.4. The van der Waals surface area contributed by atoms with Crippen molar-refractivity contribution < 1.29 is 19.1 Å². The van der Waals surface area contributed by atoms with Crippen molar-refractivity contribution in [1.82, 2.24) is 15.5 Å². The summed E-state index contributed by atoms with van der Waals surface area (Å²) in [5, 5.41) is 15.2. The summed E-state index contributed by atoms with van der Waals surface area (Å²) < 4.78 is 12.1. The van der Waals surface area contributed by atoms with Crippen LogP contribution in [0.5, 0.6) is 11.5 Å². The highest BCUT2D eigenvalue weighted by molar-refractivity contribution is 6.00. The number of nitrogens with zero attached hydrogens (tertiary/aromatic N) is 1. The number of ether oxygens (including phenoxy) is 2. The summed E-state index contributed by atoms with van der Waals surface area (Å²) in [5.41, 5.74) is 2.55. The van der Waals surface area contributed by atoms with Crippen LogP contribution in [0.2, 0.25) is 0 Å². The predicted molar refractivity (Wildman–Crippen MR) is 146 cm³/mol. The van der Waals surface area contributed by atoms with E-state index in [2.05, 4.69) is 16.7 Å². The lowest BCUT2D eigenvalue weighted by Gasteiger charge is -2.45. The van der Waals surface area contributed by atoms with Crippen molar-refractivity contribution in [2.24, 2.45) is 0 Å². The summed E-state index contributed by atoms with van der Waals surface area (Å²) in [6.45, 7) is 10.6. The lowest BCUT2D eigenvalue weighted by atomic mass is 9.85. The van der Waals surface area contributed by atoms with E-state index in [1.807, 2.05) is 52.8 Å². The molecule has 2 atom stereocenters. The molecule has 0 bridgehead atoms. The van der Waals surface area contributed by atoms with Gasteiger partial charge >= 0.3 is 0 Å². The van der Waals surface area contributed by atoms with Gasteiger partial charge < -0.3 is 20.1 Å². The molecule has 8 nitrogen and oxygen atoms in total. The molecular formula is C30H38N4O4. The van der Waals surface area contributed by atoms with Crippen LogP contribution < -0.4 is 20.1 Å². The summed E-state index contributed by atoms with van der Waals surface area (Å²) in [5.74, 6) is 1.30. The summed E-state index contributed by atoms with van der Waals surface area (Å²) >= 11 is 0. The van der Waals surface area contributed by atoms with Gasteiger partial charge in [-0.05, 0) is 57.9 Å². The first kappa shape index (κ1) is 26.1. The predicted octanol–water partition coefficient (Wildman–Crippen LogP) is 5.17. The largest absolute Gasteiger partial charge is 0.493 e. The van der Waals surface area contributed by atoms with E-state index in [0.29, 0.717) is 37.2 Å². The molecule has 0 spiro atoms. The molecule has 3 heterocycles. The summed E-state index contributed by atoms with van der Waals surface area (Å²) in [4.78, 5) is 28.4. The minimum absolute atomic E-state index is 0.0680. The molecule has 3 aliphatic rings. The van der Waals surface area contributed by atoms with Crippen LogP contribution in [-0.4, -0.2) is 40.4 Å².